The van der Waals surface area contributed by atoms with Crippen LogP contribution in [0.2, 0.25) is 0 Å². The number of hydrogen-bond acceptors (Lipinski definition) is 5. The first-order valence-electron chi connectivity index (χ1n) is 5.87. The van der Waals surface area contributed by atoms with Crippen LogP contribution in [0.15, 0.2) is 30.6 Å². The molecule has 0 unspecified atom stereocenters. The Hall–Kier alpha value is -2.57. The average Bonchev–Trinajstić information content (AvgIpc) is 2.87. The van der Waals surface area contributed by atoms with Crippen molar-refractivity contribution in [1.29, 1.82) is 0 Å². The largest absolute Gasteiger partial charge is 0.478 e. The summed E-state index contributed by atoms with van der Waals surface area (Å²) in [5.74, 6) is -0.973. The van der Waals surface area contributed by atoms with Gasteiger partial charge in [0.15, 0.2) is 0 Å². The number of nitrogens with zero attached hydrogens (tertiary/aromatic N) is 3. The summed E-state index contributed by atoms with van der Waals surface area (Å²) in [6.45, 7) is 1.35. The number of carbonyl (C=O) groups is 1. The predicted molar refractivity (Wildman–Crippen MR) is 70.9 cm³/mol. The first-order chi connectivity index (χ1) is 9.16. The second-order valence-corrected chi connectivity index (χ2v) is 4.06. The minimum absolute atomic E-state index is 0.218. The predicted octanol–water partition coefficient (Wildman–Crippen LogP) is 1.06. The van der Waals surface area contributed by atoms with Crippen LogP contribution in [0.3, 0.4) is 0 Å². The third-order valence-corrected chi connectivity index (χ3v) is 2.63. The Morgan fingerprint density at radius 1 is 1.47 bits per heavy atom. The zero-order valence-corrected chi connectivity index (χ0v) is 10.3. The van der Waals surface area contributed by atoms with E-state index in [1.807, 2.05) is 0 Å². The molecule has 0 bridgehead atoms. The van der Waals surface area contributed by atoms with E-state index in [1.54, 1.807) is 29.2 Å². The zero-order valence-electron chi connectivity index (χ0n) is 10.3. The van der Waals surface area contributed by atoms with Crippen LogP contribution in [0.4, 0.5) is 11.4 Å². The van der Waals surface area contributed by atoms with Crippen LogP contribution >= 0.6 is 0 Å². The van der Waals surface area contributed by atoms with Crippen molar-refractivity contribution < 1.29 is 9.90 Å². The molecule has 0 aliphatic carbocycles. The molecule has 1 aromatic heterocycles. The molecule has 0 fully saturated rings. The van der Waals surface area contributed by atoms with Gasteiger partial charge < -0.3 is 16.2 Å². The number of nitrogen functional groups attached to an aromatic ring is 1. The molecule has 19 heavy (non-hydrogen) atoms. The molecule has 0 saturated heterocycles. The molecule has 7 nitrogen and oxygen atoms in total. The first-order valence-corrected chi connectivity index (χ1v) is 5.87. The maximum Gasteiger partial charge on any atom is 0.337 e. The van der Waals surface area contributed by atoms with Crippen LogP contribution < -0.4 is 11.1 Å². The summed E-state index contributed by atoms with van der Waals surface area (Å²) in [6.07, 6.45) is 4.20. The molecule has 0 spiro atoms. The van der Waals surface area contributed by atoms with Crippen LogP contribution in [-0.4, -0.2) is 32.6 Å². The van der Waals surface area contributed by atoms with Gasteiger partial charge in [-0.3, -0.25) is 4.68 Å². The topological polar surface area (TPSA) is 106 Å². The van der Waals surface area contributed by atoms with Crippen molar-refractivity contribution in [1.82, 2.24) is 15.0 Å². The average molecular weight is 261 g/mol. The third kappa shape index (κ3) is 3.44. The Labute approximate surface area is 110 Å². The Bertz CT molecular complexity index is 553. The van der Waals surface area contributed by atoms with E-state index in [2.05, 4.69) is 15.6 Å². The van der Waals surface area contributed by atoms with Gasteiger partial charge in [0.05, 0.1) is 17.4 Å². The molecular weight excluding hydrogens is 246 g/mol. The number of aromatic carboxylic acids is 1. The summed E-state index contributed by atoms with van der Waals surface area (Å²) in [6, 6.07) is 4.69. The number of nitrogens with two attached hydrogens (primary N) is 1. The minimum Gasteiger partial charge on any atom is -0.478 e. The summed E-state index contributed by atoms with van der Waals surface area (Å²) in [5, 5.41) is 19.7. The lowest BCUT2D eigenvalue weighted by Crippen LogP contribution is -2.10. The van der Waals surface area contributed by atoms with Gasteiger partial charge in [-0.2, -0.15) is 0 Å². The van der Waals surface area contributed by atoms with Gasteiger partial charge in [0.1, 0.15) is 0 Å². The Kier molecular flexibility index (Phi) is 3.97. The zero-order chi connectivity index (χ0) is 13.7. The lowest BCUT2D eigenvalue weighted by Gasteiger charge is -2.10. The number of carboxylic acids is 1. The van der Waals surface area contributed by atoms with Crippen molar-refractivity contribution in [3.05, 3.63) is 36.2 Å². The summed E-state index contributed by atoms with van der Waals surface area (Å²) in [5.41, 5.74) is 6.94. The van der Waals surface area contributed by atoms with Crippen LogP contribution in [0.25, 0.3) is 0 Å². The number of benzene rings is 1. The molecule has 4 N–H and O–H groups in total. The summed E-state index contributed by atoms with van der Waals surface area (Å²) >= 11 is 0. The van der Waals surface area contributed by atoms with Crippen molar-refractivity contribution >= 4 is 17.3 Å². The highest BCUT2D eigenvalue weighted by molar-refractivity contribution is 5.95. The molecule has 2 rings (SSSR count). The maximum atomic E-state index is 11.0. The van der Waals surface area contributed by atoms with Crippen molar-refractivity contribution in [2.75, 3.05) is 17.6 Å². The molecule has 0 aliphatic rings. The highest BCUT2D eigenvalue weighted by atomic mass is 16.4. The summed E-state index contributed by atoms with van der Waals surface area (Å²) in [4.78, 5) is 11.0. The fraction of sp³-hybridized carbons (Fsp3) is 0.250. The lowest BCUT2D eigenvalue weighted by atomic mass is 10.1. The van der Waals surface area contributed by atoms with Crippen molar-refractivity contribution in [2.24, 2.45) is 0 Å². The SMILES string of the molecule is Nc1ccc(C(=O)O)c(NCCCn2ccnn2)c1. The van der Waals surface area contributed by atoms with Crippen LogP contribution in [-0.2, 0) is 6.54 Å². The molecule has 1 heterocycles. The van der Waals surface area contributed by atoms with Crippen LogP contribution in [0.1, 0.15) is 16.8 Å². The summed E-state index contributed by atoms with van der Waals surface area (Å²) < 4.78 is 1.72. The molecule has 100 valence electrons. The second kappa shape index (κ2) is 5.85. The highest BCUT2D eigenvalue weighted by Gasteiger charge is 2.09. The molecule has 2 aromatic rings. The quantitative estimate of drug-likeness (QED) is 0.530. The third-order valence-electron chi connectivity index (χ3n) is 2.63. The Morgan fingerprint density at radius 2 is 2.32 bits per heavy atom. The van der Waals surface area contributed by atoms with Crippen LogP contribution in [0.5, 0.6) is 0 Å². The molecule has 0 amide bonds. The van der Waals surface area contributed by atoms with E-state index in [4.69, 9.17) is 10.8 Å². The monoisotopic (exact) mass is 261 g/mol. The first kappa shape index (κ1) is 12.9. The number of rotatable bonds is 6. The highest BCUT2D eigenvalue weighted by Crippen LogP contribution is 2.19. The molecular formula is C12H15N5O2. The smallest absolute Gasteiger partial charge is 0.337 e. The fourth-order valence-corrected chi connectivity index (χ4v) is 1.71. The van der Waals surface area contributed by atoms with E-state index in [-0.39, 0.29) is 5.56 Å². The molecule has 0 aliphatic heterocycles. The molecule has 7 heteroatoms. The van der Waals surface area contributed by atoms with Gasteiger partial charge in [0.25, 0.3) is 0 Å². The fourth-order valence-electron chi connectivity index (χ4n) is 1.71. The molecule has 0 atom stereocenters. The van der Waals surface area contributed by atoms with Gasteiger partial charge in [-0.1, -0.05) is 5.21 Å². The van der Waals surface area contributed by atoms with E-state index < -0.39 is 5.97 Å². The number of hydrogen-bond donors (Lipinski definition) is 3. The van der Waals surface area contributed by atoms with E-state index in [0.717, 1.165) is 13.0 Å². The van der Waals surface area contributed by atoms with E-state index in [1.165, 1.54) is 6.07 Å². The Balaban J connectivity index is 1.91. The minimum atomic E-state index is -0.973. The van der Waals surface area contributed by atoms with Gasteiger partial charge >= 0.3 is 5.97 Å². The van der Waals surface area contributed by atoms with Gasteiger partial charge in [-0.15, -0.1) is 5.10 Å². The van der Waals surface area contributed by atoms with Crippen molar-refractivity contribution in [2.45, 2.75) is 13.0 Å². The number of aryl methyl sites for hydroxylation is 1. The van der Waals surface area contributed by atoms with Gasteiger partial charge in [-0.05, 0) is 24.6 Å². The normalized spacial score (nSPS) is 10.3. The van der Waals surface area contributed by atoms with Gasteiger partial charge in [-0.25, -0.2) is 4.79 Å². The molecule has 0 saturated carbocycles. The Morgan fingerprint density at radius 3 is 3.00 bits per heavy atom. The number of nitrogens with one attached hydrogen (secondary N) is 1. The van der Waals surface area contributed by atoms with Gasteiger partial charge in [0, 0.05) is 25.0 Å². The van der Waals surface area contributed by atoms with Crippen molar-refractivity contribution in [3.63, 3.8) is 0 Å². The molecule has 1 aromatic carbocycles. The second-order valence-electron chi connectivity index (χ2n) is 4.06. The standard InChI is InChI=1S/C12H15N5O2/c13-9-2-3-10(12(18)19)11(8-9)14-4-1-6-17-7-5-15-16-17/h2-3,5,7-8,14H,1,4,6,13H2,(H,18,19). The summed E-state index contributed by atoms with van der Waals surface area (Å²) in [7, 11) is 0. The van der Waals surface area contributed by atoms with E-state index in [9.17, 15) is 4.79 Å². The molecule has 0 radical (unpaired) electrons. The van der Waals surface area contributed by atoms with Gasteiger partial charge in [0.2, 0.25) is 0 Å². The number of carboxylic acid groups (broad SMARTS) is 1. The lowest BCUT2D eigenvalue weighted by molar-refractivity contribution is 0.0698. The van der Waals surface area contributed by atoms with E-state index in [0.29, 0.717) is 17.9 Å². The van der Waals surface area contributed by atoms with E-state index >= 15 is 0 Å². The van der Waals surface area contributed by atoms with Crippen LogP contribution in [0, 0.1) is 0 Å². The maximum absolute atomic E-state index is 11.0. The van der Waals surface area contributed by atoms with Crippen molar-refractivity contribution in [3.8, 4) is 0 Å². The number of anilines is 2. The number of aromatic nitrogens is 3.